The van der Waals surface area contributed by atoms with E-state index in [2.05, 4.69) is 9.80 Å². The first-order valence-electron chi connectivity index (χ1n) is 7.00. The topological polar surface area (TPSA) is 49.6 Å². The molecule has 4 nitrogen and oxygen atoms in total. The lowest BCUT2D eigenvalue weighted by molar-refractivity contribution is -0.131. The molecule has 1 saturated heterocycles. The van der Waals surface area contributed by atoms with Crippen LogP contribution in [-0.2, 0) is 4.79 Å². The quantitative estimate of drug-likeness (QED) is 0.767. The Bertz CT molecular complexity index is 253. The third kappa shape index (κ3) is 4.28. The summed E-state index contributed by atoms with van der Waals surface area (Å²) in [7, 11) is 0. The monoisotopic (exact) mass is 239 g/mol. The van der Waals surface area contributed by atoms with Crippen LogP contribution in [0.25, 0.3) is 0 Å². The third-order valence-corrected chi connectivity index (χ3v) is 3.78. The van der Waals surface area contributed by atoms with Crippen LogP contribution in [0.15, 0.2) is 0 Å². The zero-order valence-electron chi connectivity index (χ0n) is 10.7. The van der Waals surface area contributed by atoms with Gasteiger partial charge in [0.2, 0.25) is 5.91 Å². The molecule has 17 heavy (non-hydrogen) atoms. The highest BCUT2D eigenvalue weighted by Crippen LogP contribution is 2.32. The summed E-state index contributed by atoms with van der Waals surface area (Å²) >= 11 is 0. The summed E-state index contributed by atoms with van der Waals surface area (Å²) in [4.78, 5) is 16.5. The number of hydrogen-bond donors (Lipinski definition) is 1. The van der Waals surface area contributed by atoms with Crippen LogP contribution in [0.4, 0.5) is 0 Å². The van der Waals surface area contributed by atoms with E-state index < -0.39 is 0 Å². The SMILES string of the molecule is NCCCN1CCCN(C(=O)CC2CC2)CC1. The van der Waals surface area contributed by atoms with E-state index in [0.717, 1.165) is 58.5 Å². The Labute approximate surface area is 104 Å². The fraction of sp³-hybridized carbons (Fsp3) is 0.923. The summed E-state index contributed by atoms with van der Waals surface area (Å²) in [5, 5.41) is 0. The van der Waals surface area contributed by atoms with Gasteiger partial charge in [-0.05, 0) is 51.2 Å². The minimum Gasteiger partial charge on any atom is -0.341 e. The Morgan fingerprint density at radius 2 is 2.00 bits per heavy atom. The van der Waals surface area contributed by atoms with Gasteiger partial charge < -0.3 is 15.5 Å². The van der Waals surface area contributed by atoms with Crippen LogP contribution in [0, 0.1) is 5.92 Å². The number of carbonyl (C=O) groups is 1. The van der Waals surface area contributed by atoms with Gasteiger partial charge in [-0.2, -0.15) is 0 Å². The van der Waals surface area contributed by atoms with E-state index in [1.165, 1.54) is 12.8 Å². The predicted octanol–water partition coefficient (Wildman–Crippen LogP) is 0.670. The van der Waals surface area contributed by atoms with E-state index in [1.54, 1.807) is 0 Å². The van der Waals surface area contributed by atoms with Gasteiger partial charge in [0.25, 0.3) is 0 Å². The van der Waals surface area contributed by atoms with Crippen molar-refractivity contribution < 1.29 is 4.79 Å². The number of hydrogen-bond acceptors (Lipinski definition) is 3. The summed E-state index contributed by atoms with van der Waals surface area (Å²) in [5.41, 5.74) is 5.53. The molecular weight excluding hydrogens is 214 g/mol. The Morgan fingerprint density at radius 1 is 1.18 bits per heavy atom. The molecule has 1 aliphatic heterocycles. The summed E-state index contributed by atoms with van der Waals surface area (Å²) in [6, 6.07) is 0. The van der Waals surface area contributed by atoms with Crippen molar-refractivity contribution in [1.29, 1.82) is 0 Å². The summed E-state index contributed by atoms with van der Waals surface area (Å²) in [6.07, 6.45) is 5.50. The van der Waals surface area contributed by atoms with Crippen LogP contribution in [0.1, 0.15) is 32.1 Å². The fourth-order valence-electron chi connectivity index (χ4n) is 2.46. The second-order valence-electron chi connectivity index (χ2n) is 5.37. The van der Waals surface area contributed by atoms with E-state index in [1.807, 2.05) is 0 Å². The van der Waals surface area contributed by atoms with Crippen molar-refractivity contribution in [3.8, 4) is 0 Å². The van der Waals surface area contributed by atoms with Gasteiger partial charge in [-0.3, -0.25) is 4.79 Å². The van der Waals surface area contributed by atoms with Crippen molar-refractivity contribution in [2.75, 3.05) is 39.3 Å². The zero-order valence-corrected chi connectivity index (χ0v) is 10.7. The molecule has 2 aliphatic rings. The van der Waals surface area contributed by atoms with Crippen molar-refractivity contribution in [3.05, 3.63) is 0 Å². The molecule has 2 N–H and O–H groups in total. The lowest BCUT2D eigenvalue weighted by atomic mass is 10.2. The van der Waals surface area contributed by atoms with Gasteiger partial charge in [0.15, 0.2) is 0 Å². The standard InChI is InChI=1S/C13H25N3O/c14-5-1-6-15-7-2-8-16(10-9-15)13(17)11-12-3-4-12/h12H,1-11,14H2. The van der Waals surface area contributed by atoms with Crippen LogP contribution in [0.2, 0.25) is 0 Å². The van der Waals surface area contributed by atoms with E-state index in [-0.39, 0.29) is 0 Å². The molecule has 4 heteroatoms. The largest absolute Gasteiger partial charge is 0.341 e. The molecule has 1 saturated carbocycles. The minimum atomic E-state index is 0.383. The highest BCUT2D eigenvalue weighted by molar-refractivity contribution is 5.76. The maximum atomic E-state index is 12.0. The first-order chi connectivity index (χ1) is 8.29. The maximum Gasteiger partial charge on any atom is 0.222 e. The van der Waals surface area contributed by atoms with Gasteiger partial charge in [-0.25, -0.2) is 0 Å². The Morgan fingerprint density at radius 3 is 2.71 bits per heavy atom. The lowest BCUT2D eigenvalue weighted by Crippen LogP contribution is -2.35. The summed E-state index contributed by atoms with van der Waals surface area (Å²) < 4.78 is 0. The molecule has 0 aromatic rings. The molecule has 1 heterocycles. The highest BCUT2D eigenvalue weighted by Gasteiger charge is 2.27. The Balaban J connectivity index is 1.72. The first kappa shape index (κ1) is 12.8. The summed E-state index contributed by atoms with van der Waals surface area (Å²) in [6.45, 7) is 5.85. The number of rotatable bonds is 5. The maximum absolute atomic E-state index is 12.0. The van der Waals surface area contributed by atoms with Crippen molar-refractivity contribution in [2.45, 2.75) is 32.1 Å². The van der Waals surface area contributed by atoms with Crippen molar-refractivity contribution in [3.63, 3.8) is 0 Å². The molecule has 0 spiro atoms. The predicted molar refractivity (Wildman–Crippen MR) is 68.6 cm³/mol. The smallest absolute Gasteiger partial charge is 0.222 e. The van der Waals surface area contributed by atoms with Crippen LogP contribution in [0.3, 0.4) is 0 Å². The molecule has 1 amide bonds. The fourth-order valence-corrected chi connectivity index (χ4v) is 2.46. The van der Waals surface area contributed by atoms with E-state index in [9.17, 15) is 4.79 Å². The van der Waals surface area contributed by atoms with Gasteiger partial charge in [-0.15, -0.1) is 0 Å². The van der Waals surface area contributed by atoms with Crippen molar-refractivity contribution in [1.82, 2.24) is 9.80 Å². The third-order valence-electron chi connectivity index (χ3n) is 3.78. The van der Waals surface area contributed by atoms with Crippen molar-refractivity contribution in [2.24, 2.45) is 11.7 Å². The molecule has 2 fully saturated rings. The summed E-state index contributed by atoms with van der Waals surface area (Å²) in [5.74, 6) is 1.09. The van der Waals surface area contributed by atoms with E-state index >= 15 is 0 Å². The molecule has 98 valence electrons. The normalized spacial score (nSPS) is 22.5. The molecule has 0 atom stereocenters. The zero-order chi connectivity index (χ0) is 12.1. The number of nitrogens with zero attached hydrogens (tertiary/aromatic N) is 2. The van der Waals surface area contributed by atoms with Crippen LogP contribution >= 0.6 is 0 Å². The van der Waals surface area contributed by atoms with Crippen molar-refractivity contribution >= 4 is 5.91 Å². The van der Waals surface area contributed by atoms with Gasteiger partial charge in [0.1, 0.15) is 0 Å². The Kier molecular flexibility index (Phi) is 4.80. The van der Waals surface area contributed by atoms with Gasteiger partial charge in [0.05, 0.1) is 0 Å². The van der Waals surface area contributed by atoms with Gasteiger partial charge in [-0.1, -0.05) is 0 Å². The molecule has 1 aliphatic carbocycles. The molecular formula is C13H25N3O. The van der Waals surface area contributed by atoms with Crippen LogP contribution in [-0.4, -0.2) is 55.0 Å². The highest BCUT2D eigenvalue weighted by atomic mass is 16.2. The second-order valence-corrected chi connectivity index (χ2v) is 5.37. The molecule has 2 rings (SSSR count). The lowest BCUT2D eigenvalue weighted by Gasteiger charge is -2.21. The number of carbonyl (C=O) groups excluding carboxylic acids is 1. The molecule has 0 aromatic heterocycles. The van der Waals surface area contributed by atoms with E-state index in [0.29, 0.717) is 11.8 Å². The molecule has 0 radical (unpaired) electrons. The van der Waals surface area contributed by atoms with Gasteiger partial charge in [0, 0.05) is 26.1 Å². The Hall–Kier alpha value is -0.610. The minimum absolute atomic E-state index is 0.383. The van der Waals surface area contributed by atoms with E-state index in [4.69, 9.17) is 5.73 Å². The average Bonchev–Trinajstić information content (AvgIpc) is 3.12. The number of amides is 1. The number of nitrogens with two attached hydrogens (primary N) is 1. The van der Waals surface area contributed by atoms with Gasteiger partial charge >= 0.3 is 0 Å². The molecule has 0 aromatic carbocycles. The van der Waals surface area contributed by atoms with Crippen LogP contribution in [0.5, 0.6) is 0 Å². The van der Waals surface area contributed by atoms with Crippen LogP contribution < -0.4 is 5.73 Å². The molecule has 0 unspecified atom stereocenters. The average molecular weight is 239 g/mol. The molecule has 0 bridgehead atoms. The second kappa shape index (κ2) is 6.36. The first-order valence-corrected chi connectivity index (χ1v) is 7.00.